The highest BCUT2D eigenvalue weighted by Gasteiger charge is 2.60. The molecule has 0 bridgehead atoms. The first kappa shape index (κ1) is 21.1. The van der Waals surface area contributed by atoms with Gasteiger partial charge in [0.15, 0.2) is 6.10 Å². The number of nitro groups is 1. The lowest BCUT2D eigenvalue weighted by Gasteiger charge is -2.29. The van der Waals surface area contributed by atoms with Crippen LogP contribution in [0.4, 0.5) is 17.1 Å². The minimum atomic E-state index is -1.15. The number of carbonyl (C=O) groups is 2. The maximum Gasteiger partial charge on any atom is 0.270 e. The largest absolute Gasteiger partial charge is 0.508 e. The summed E-state index contributed by atoms with van der Waals surface area (Å²) in [5.74, 6) is -2.31. The zero-order valence-electron chi connectivity index (χ0n) is 16.9. The fourth-order valence-electron chi connectivity index (χ4n) is 4.27. The van der Waals surface area contributed by atoms with Gasteiger partial charge in [-0.05, 0) is 42.5 Å². The molecule has 2 fully saturated rings. The molecule has 0 saturated carbocycles. The molecule has 0 aromatic heterocycles. The number of halogens is 1. The first-order valence-corrected chi connectivity index (χ1v) is 10.8. The lowest BCUT2D eigenvalue weighted by molar-refractivity contribution is -0.385. The van der Waals surface area contributed by atoms with Crippen molar-refractivity contribution in [1.29, 1.82) is 0 Å². The summed E-state index contributed by atoms with van der Waals surface area (Å²) in [6.07, 6.45) is -1.15. The van der Waals surface area contributed by atoms with Crippen LogP contribution in [0.2, 0.25) is 0 Å². The Bertz CT molecular complexity index is 1270. The SMILES string of the molecule is O=C1[C@@H]2[C@@H](ON(c3ccccc3)[C@H]2c2cc([N+](=O)[O-])ccc2O)C(=O)N1c1ccc(Br)cc1. The van der Waals surface area contributed by atoms with Crippen LogP contribution in [0, 0.1) is 16.0 Å². The zero-order chi connectivity index (χ0) is 23.3. The number of phenolic OH excluding ortho intramolecular Hbond substituents is 1. The van der Waals surface area contributed by atoms with Gasteiger partial charge in [0, 0.05) is 22.2 Å². The molecule has 3 aromatic carbocycles. The number of para-hydroxylation sites is 1. The smallest absolute Gasteiger partial charge is 0.270 e. The van der Waals surface area contributed by atoms with Crippen molar-refractivity contribution in [3.05, 3.63) is 92.9 Å². The van der Waals surface area contributed by atoms with Crippen molar-refractivity contribution in [1.82, 2.24) is 0 Å². The Kier molecular flexibility index (Phi) is 5.10. The molecular weight excluding hydrogens is 494 g/mol. The number of phenols is 1. The lowest BCUT2D eigenvalue weighted by atomic mass is 9.89. The number of rotatable bonds is 4. The highest BCUT2D eigenvalue weighted by molar-refractivity contribution is 9.10. The number of fused-ring (bicyclic) bond motifs is 1. The summed E-state index contributed by atoms with van der Waals surface area (Å²) in [7, 11) is 0. The fraction of sp³-hybridized carbons (Fsp3) is 0.130. The monoisotopic (exact) mass is 509 g/mol. The van der Waals surface area contributed by atoms with E-state index in [1.807, 2.05) is 0 Å². The summed E-state index contributed by atoms with van der Waals surface area (Å²) in [4.78, 5) is 44.7. The number of amides is 2. The average molecular weight is 510 g/mol. The van der Waals surface area contributed by atoms with Crippen LogP contribution in [-0.4, -0.2) is 27.9 Å². The van der Waals surface area contributed by atoms with Gasteiger partial charge in [0.25, 0.3) is 11.6 Å². The van der Waals surface area contributed by atoms with Gasteiger partial charge in [-0.3, -0.25) is 24.5 Å². The molecule has 3 aromatic rings. The molecule has 0 unspecified atom stereocenters. The molecule has 166 valence electrons. The molecule has 2 saturated heterocycles. The van der Waals surface area contributed by atoms with Gasteiger partial charge < -0.3 is 5.11 Å². The summed E-state index contributed by atoms with van der Waals surface area (Å²) in [6.45, 7) is 0. The summed E-state index contributed by atoms with van der Waals surface area (Å²) in [5.41, 5.74) is 0.804. The number of hydrogen-bond donors (Lipinski definition) is 1. The van der Waals surface area contributed by atoms with Gasteiger partial charge in [-0.1, -0.05) is 34.1 Å². The molecule has 33 heavy (non-hydrogen) atoms. The van der Waals surface area contributed by atoms with E-state index in [4.69, 9.17) is 4.84 Å². The van der Waals surface area contributed by atoms with Crippen molar-refractivity contribution in [3.63, 3.8) is 0 Å². The van der Waals surface area contributed by atoms with E-state index >= 15 is 0 Å². The van der Waals surface area contributed by atoms with Gasteiger partial charge in [-0.2, -0.15) is 0 Å². The van der Waals surface area contributed by atoms with E-state index < -0.39 is 34.8 Å². The fourth-order valence-corrected chi connectivity index (χ4v) is 4.53. The molecule has 0 radical (unpaired) electrons. The van der Waals surface area contributed by atoms with Crippen molar-refractivity contribution >= 4 is 44.8 Å². The van der Waals surface area contributed by atoms with E-state index in [9.17, 15) is 24.8 Å². The van der Waals surface area contributed by atoms with Crippen LogP contribution in [0.1, 0.15) is 11.6 Å². The summed E-state index contributed by atoms with van der Waals surface area (Å²) in [5, 5.41) is 23.4. The van der Waals surface area contributed by atoms with Crippen LogP contribution < -0.4 is 9.96 Å². The highest BCUT2D eigenvalue weighted by Crippen LogP contribution is 2.49. The third-order valence-electron chi connectivity index (χ3n) is 5.75. The number of anilines is 2. The average Bonchev–Trinajstić information content (AvgIpc) is 3.31. The summed E-state index contributed by atoms with van der Waals surface area (Å²) in [6, 6.07) is 18.1. The predicted molar refractivity (Wildman–Crippen MR) is 121 cm³/mol. The van der Waals surface area contributed by atoms with E-state index in [1.54, 1.807) is 54.6 Å². The summed E-state index contributed by atoms with van der Waals surface area (Å²) < 4.78 is 0.788. The van der Waals surface area contributed by atoms with E-state index in [0.717, 1.165) is 9.37 Å². The number of hydrogen-bond acceptors (Lipinski definition) is 7. The Morgan fingerprint density at radius 3 is 2.30 bits per heavy atom. The van der Waals surface area contributed by atoms with Crippen molar-refractivity contribution in [2.24, 2.45) is 5.92 Å². The van der Waals surface area contributed by atoms with Gasteiger partial charge in [-0.25, -0.2) is 9.96 Å². The zero-order valence-corrected chi connectivity index (χ0v) is 18.5. The lowest BCUT2D eigenvalue weighted by Crippen LogP contribution is -2.37. The van der Waals surface area contributed by atoms with Gasteiger partial charge in [0.2, 0.25) is 5.91 Å². The maximum absolute atomic E-state index is 13.5. The van der Waals surface area contributed by atoms with Crippen LogP contribution in [0.15, 0.2) is 77.3 Å². The second-order valence-corrected chi connectivity index (χ2v) is 8.56. The third kappa shape index (κ3) is 3.43. The third-order valence-corrected chi connectivity index (χ3v) is 6.28. The first-order valence-electron chi connectivity index (χ1n) is 9.98. The Labute approximate surface area is 196 Å². The minimum Gasteiger partial charge on any atom is -0.508 e. The predicted octanol–water partition coefficient (Wildman–Crippen LogP) is 4.11. The Morgan fingerprint density at radius 1 is 0.939 bits per heavy atom. The standard InChI is InChI=1S/C23H16BrN3O6/c24-13-6-8-14(9-7-13)25-22(29)19-20(17-12-16(27(31)32)10-11-18(17)28)26(33-21(19)23(25)30)15-4-2-1-3-5-15/h1-12,19-21,28H/t19-,20-,21+/m0/s1. The molecule has 10 heteroatoms. The Hall–Kier alpha value is -3.76. The molecule has 5 rings (SSSR count). The van der Waals surface area contributed by atoms with E-state index in [-0.39, 0.29) is 17.0 Å². The normalized spacial score (nSPS) is 22.0. The Balaban J connectivity index is 1.63. The summed E-state index contributed by atoms with van der Waals surface area (Å²) >= 11 is 3.33. The molecule has 2 amide bonds. The van der Waals surface area contributed by atoms with E-state index in [0.29, 0.717) is 11.4 Å². The number of non-ortho nitro benzene ring substituents is 1. The second kappa shape index (κ2) is 7.98. The quantitative estimate of drug-likeness (QED) is 0.319. The van der Waals surface area contributed by atoms with Crippen molar-refractivity contribution in [2.75, 3.05) is 9.96 Å². The van der Waals surface area contributed by atoms with E-state index in [1.165, 1.54) is 23.3 Å². The van der Waals surface area contributed by atoms with Gasteiger partial charge in [0.1, 0.15) is 17.7 Å². The second-order valence-electron chi connectivity index (χ2n) is 7.65. The highest BCUT2D eigenvalue weighted by atomic mass is 79.9. The van der Waals surface area contributed by atoms with Crippen LogP contribution in [0.25, 0.3) is 0 Å². The number of carbonyl (C=O) groups excluding carboxylic acids is 2. The van der Waals surface area contributed by atoms with Crippen molar-refractivity contribution in [3.8, 4) is 5.75 Å². The number of imide groups is 1. The van der Waals surface area contributed by atoms with Gasteiger partial charge in [-0.15, -0.1) is 0 Å². The number of aromatic hydroxyl groups is 1. The van der Waals surface area contributed by atoms with Crippen molar-refractivity contribution in [2.45, 2.75) is 12.1 Å². The number of nitro benzene ring substituents is 1. The molecule has 9 nitrogen and oxygen atoms in total. The van der Waals surface area contributed by atoms with Gasteiger partial charge in [0.05, 0.1) is 16.3 Å². The number of benzene rings is 3. The molecule has 3 atom stereocenters. The van der Waals surface area contributed by atoms with Crippen LogP contribution in [0.5, 0.6) is 5.75 Å². The Morgan fingerprint density at radius 2 is 1.64 bits per heavy atom. The molecule has 2 aliphatic heterocycles. The first-order chi connectivity index (χ1) is 15.9. The molecule has 2 aliphatic rings. The van der Waals surface area contributed by atoms with Crippen molar-refractivity contribution < 1.29 is 24.5 Å². The molecule has 0 spiro atoms. The molecule has 0 aliphatic carbocycles. The number of hydroxylamine groups is 1. The van der Waals surface area contributed by atoms with Gasteiger partial charge >= 0.3 is 0 Å². The maximum atomic E-state index is 13.5. The van der Waals surface area contributed by atoms with E-state index in [2.05, 4.69) is 15.9 Å². The van der Waals surface area contributed by atoms with Crippen LogP contribution in [0.3, 0.4) is 0 Å². The molecule has 2 heterocycles. The molecule has 1 N–H and O–H groups in total. The topological polar surface area (TPSA) is 113 Å². The number of nitrogens with zero attached hydrogens (tertiary/aromatic N) is 3. The van der Waals surface area contributed by atoms with Crippen LogP contribution >= 0.6 is 15.9 Å². The van der Waals surface area contributed by atoms with Crippen LogP contribution in [-0.2, 0) is 14.4 Å². The molecular formula is C23H16BrN3O6. The minimum absolute atomic E-state index is 0.124.